The summed E-state index contributed by atoms with van der Waals surface area (Å²) in [6, 6.07) is 0.674. The predicted molar refractivity (Wildman–Crippen MR) is 64.8 cm³/mol. The summed E-state index contributed by atoms with van der Waals surface area (Å²) in [6.45, 7) is 2.19. The molecule has 1 saturated heterocycles. The van der Waals surface area contributed by atoms with Gasteiger partial charge in [-0.1, -0.05) is 43.7 Å². The summed E-state index contributed by atoms with van der Waals surface area (Å²) in [5.41, 5.74) is 0. The summed E-state index contributed by atoms with van der Waals surface area (Å²) in [5, 5.41) is 0.0419. The zero-order valence-corrected chi connectivity index (χ0v) is 9.94. The molecule has 1 nitrogen and oxygen atoms in total. The fourth-order valence-corrected chi connectivity index (χ4v) is 3.41. The van der Waals surface area contributed by atoms with E-state index in [4.69, 9.17) is 20.1 Å². The topological polar surface area (TPSA) is 3.24 Å². The molecule has 2 aliphatic rings. The Bertz CT molecular complexity index is 252. The van der Waals surface area contributed by atoms with E-state index in [1.165, 1.54) is 19.3 Å². The average molecular weight is 207 g/mol. The summed E-state index contributed by atoms with van der Waals surface area (Å²) >= 11 is 5.36. The van der Waals surface area contributed by atoms with Gasteiger partial charge in [0.25, 0.3) is 0 Å². The molecule has 0 aromatic heterocycles. The van der Waals surface area contributed by atoms with E-state index in [1.807, 2.05) is 0 Å². The van der Waals surface area contributed by atoms with Crippen LogP contribution in [0.25, 0.3) is 0 Å². The second-order valence-electron chi connectivity index (χ2n) is 5.29. The number of thiocarbonyl (C=S) groups is 1. The number of hydrogen-bond donors (Lipinski definition) is 0. The first-order valence-electron chi connectivity index (χ1n) is 5.54. The largest absolute Gasteiger partial charge is 0.366 e. The fraction of sp³-hybridized carbons (Fsp3) is 0.909. The van der Waals surface area contributed by atoms with E-state index < -0.39 is 0 Å². The lowest BCUT2D eigenvalue weighted by atomic mass is 9.64. The molecular weight excluding hydrogens is 189 g/mol. The molecule has 2 rings (SSSR count). The van der Waals surface area contributed by atoms with E-state index in [9.17, 15) is 0 Å². The van der Waals surface area contributed by atoms with Gasteiger partial charge in [-0.3, -0.25) is 0 Å². The maximum Gasteiger partial charge on any atom is 0.0782 e. The Hall–Kier alpha value is -0.0451. The first-order chi connectivity index (χ1) is 6.49. The molecule has 1 heterocycles. The molecule has 3 unspecified atom stereocenters. The Morgan fingerprint density at radius 3 is 3.00 bits per heavy atom. The molecule has 0 N–H and O–H groups in total. The minimum atomic E-state index is 0.0419. The van der Waals surface area contributed by atoms with Gasteiger partial charge in [0.15, 0.2) is 0 Å². The van der Waals surface area contributed by atoms with Crippen molar-refractivity contribution >= 4 is 25.1 Å². The van der Waals surface area contributed by atoms with Crippen LogP contribution in [0.2, 0.25) is 5.31 Å². The van der Waals surface area contributed by atoms with Crippen LogP contribution in [0.4, 0.5) is 0 Å². The van der Waals surface area contributed by atoms with Crippen molar-refractivity contribution in [1.82, 2.24) is 4.90 Å². The lowest BCUT2D eigenvalue weighted by molar-refractivity contribution is 0.293. The molecule has 0 bridgehead atoms. The van der Waals surface area contributed by atoms with Crippen LogP contribution in [0.5, 0.6) is 0 Å². The Morgan fingerprint density at radius 2 is 2.29 bits per heavy atom. The minimum absolute atomic E-state index is 0.0419. The standard InChI is InChI=1S/C11H18BNS/c1-11(12)5-3-4-9-8(7-11)6-10(14)13(9)2/h8-9H,3-7H2,1-2H3. The van der Waals surface area contributed by atoms with Crippen LogP contribution in [0, 0.1) is 5.92 Å². The lowest BCUT2D eigenvalue weighted by Crippen LogP contribution is -2.30. The van der Waals surface area contributed by atoms with E-state index in [0.29, 0.717) is 12.0 Å². The molecule has 0 aromatic carbocycles. The van der Waals surface area contributed by atoms with E-state index >= 15 is 0 Å². The van der Waals surface area contributed by atoms with E-state index in [2.05, 4.69) is 18.9 Å². The quantitative estimate of drug-likeness (QED) is 0.443. The van der Waals surface area contributed by atoms with Gasteiger partial charge in [0, 0.05) is 19.5 Å². The molecule has 3 heteroatoms. The van der Waals surface area contributed by atoms with Gasteiger partial charge < -0.3 is 4.90 Å². The summed E-state index contributed by atoms with van der Waals surface area (Å²) in [5.74, 6) is 0.713. The highest BCUT2D eigenvalue weighted by atomic mass is 32.1. The lowest BCUT2D eigenvalue weighted by Gasteiger charge is -2.27. The van der Waals surface area contributed by atoms with Crippen molar-refractivity contribution in [3.05, 3.63) is 0 Å². The molecule has 0 amide bonds. The Balaban J connectivity index is 2.14. The van der Waals surface area contributed by atoms with Crippen LogP contribution in [0.3, 0.4) is 0 Å². The van der Waals surface area contributed by atoms with Crippen molar-refractivity contribution in [1.29, 1.82) is 0 Å². The van der Waals surface area contributed by atoms with Crippen LogP contribution in [-0.2, 0) is 0 Å². The first kappa shape index (κ1) is 10.5. The third-order valence-electron chi connectivity index (χ3n) is 3.85. The summed E-state index contributed by atoms with van der Waals surface area (Å²) in [4.78, 5) is 3.44. The van der Waals surface area contributed by atoms with Crippen LogP contribution in [0.1, 0.15) is 39.0 Å². The van der Waals surface area contributed by atoms with Crippen molar-refractivity contribution < 1.29 is 0 Å². The zero-order valence-electron chi connectivity index (χ0n) is 9.12. The summed E-state index contributed by atoms with van der Waals surface area (Å²) in [6.07, 6.45) is 5.92. The Kier molecular flexibility index (Phi) is 2.63. The van der Waals surface area contributed by atoms with E-state index in [0.717, 1.165) is 17.8 Å². The predicted octanol–water partition coefficient (Wildman–Crippen LogP) is 2.56. The Morgan fingerprint density at radius 1 is 1.57 bits per heavy atom. The van der Waals surface area contributed by atoms with Crippen LogP contribution < -0.4 is 0 Å². The highest BCUT2D eigenvalue weighted by molar-refractivity contribution is 7.80. The smallest absolute Gasteiger partial charge is 0.0782 e. The molecule has 2 radical (unpaired) electrons. The molecule has 14 heavy (non-hydrogen) atoms. The van der Waals surface area contributed by atoms with Gasteiger partial charge in [-0.05, 0) is 12.3 Å². The summed E-state index contributed by atoms with van der Waals surface area (Å²) in [7, 11) is 8.41. The molecule has 1 aliphatic carbocycles. The van der Waals surface area contributed by atoms with E-state index in [-0.39, 0.29) is 5.31 Å². The van der Waals surface area contributed by atoms with Gasteiger partial charge >= 0.3 is 0 Å². The molecule has 1 aliphatic heterocycles. The van der Waals surface area contributed by atoms with E-state index in [1.54, 1.807) is 0 Å². The number of hydrogen-bond acceptors (Lipinski definition) is 1. The molecule has 0 spiro atoms. The molecule has 0 aromatic rings. The maximum absolute atomic E-state index is 6.26. The monoisotopic (exact) mass is 207 g/mol. The number of rotatable bonds is 0. The van der Waals surface area contributed by atoms with Gasteiger partial charge in [-0.2, -0.15) is 0 Å². The van der Waals surface area contributed by atoms with Crippen LogP contribution >= 0.6 is 12.2 Å². The minimum Gasteiger partial charge on any atom is -0.366 e. The maximum atomic E-state index is 6.26. The number of fused-ring (bicyclic) bond motifs is 1. The summed E-state index contributed by atoms with van der Waals surface area (Å²) < 4.78 is 0. The van der Waals surface area contributed by atoms with Crippen molar-refractivity contribution in [3.63, 3.8) is 0 Å². The fourth-order valence-electron chi connectivity index (χ4n) is 3.06. The molecule has 1 saturated carbocycles. The average Bonchev–Trinajstić information content (AvgIpc) is 2.28. The van der Waals surface area contributed by atoms with Crippen molar-refractivity contribution in [2.75, 3.05) is 7.05 Å². The first-order valence-corrected chi connectivity index (χ1v) is 5.95. The van der Waals surface area contributed by atoms with Crippen molar-refractivity contribution in [2.45, 2.75) is 50.4 Å². The molecule has 3 atom stereocenters. The molecule has 76 valence electrons. The number of nitrogens with zero attached hydrogens (tertiary/aromatic N) is 1. The van der Waals surface area contributed by atoms with Gasteiger partial charge in [-0.25, -0.2) is 0 Å². The van der Waals surface area contributed by atoms with Gasteiger partial charge in [-0.15, -0.1) is 0 Å². The molecular formula is C11H18BNS. The third-order valence-corrected chi connectivity index (χ3v) is 4.30. The van der Waals surface area contributed by atoms with Crippen LogP contribution in [0.15, 0.2) is 0 Å². The third kappa shape index (κ3) is 1.84. The SMILES string of the molecule is [B]C1(C)CCCC2C(CC(=S)N2C)C1. The van der Waals surface area contributed by atoms with Gasteiger partial charge in [0.2, 0.25) is 0 Å². The van der Waals surface area contributed by atoms with Crippen molar-refractivity contribution in [3.8, 4) is 0 Å². The second-order valence-corrected chi connectivity index (χ2v) is 5.76. The Labute approximate surface area is 93.6 Å². The number of likely N-dealkylation sites (tertiary alicyclic amines) is 1. The van der Waals surface area contributed by atoms with Gasteiger partial charge in [0.05, 0.1) is 12.8 Å². The highest BCUT2D eigenvalue weighted by Gasteiger charge is 2.39. The zero-order chi connectivity index (χ0) is 10.3. The normalized spacial score (nSPS) is 43.6. The molecule has 2 fully saturated rings. The van der Waals surface area contributed by atoms with Gasteiger partial charge in [0.1, 0.15) is 0 Å². The van der Waals surface area contributed by atoms with Crippen LogP contribution in [-0.4, -0.2) is 30.8 Å². The second kappa shape index (κ2) is 3.51. The van der Waals surface area contributed by atoms with Crippen molar-refractivity contribution in [2.24, 2.45) is 5.92 Å². The highest BCUT2D eigenvalue weighted by Crippen LogP contribution is 2.45.